The lowest BCUT2D eigenvalue weighted by Crippen LogP contribution is -2.42. The molecule has 0 unspecified atom stereocenters. The number of para-hydroxylation sites is 1. The number of hydrogen-bond acceptors (Lipinski definition) is 1. The van der Waals surface area contributed by atoms with Crippen LogP contribution >= 0.6 is 0 Å². The van der Waals surface area contributed by atoms with Gasteiger partial charge in [-0.25, -0.2) is 4.79 Å². The van der Waals surface area contributed by atoms with E-state index in [1.807, 2.05) is 53.4 Å². The molecule has 0 bridgehead atoms. The Morgan fingerprint density at radius 2 is 1.80 bits per heavy atom. The summed E-state index contributed by atoms with van der Waals surface area (Å²) in [7, 11) is 0. The van der Waals surface area contributed by atoms with Gasteiger partial charge in [-0.1, -0.05) is 48.5 Å². The third-order valence-corrected chi connectivity index (χ3v) is 3.64. The number of aryl methyl sites for hydroxylation is 1. The van der Waals surface area contributed by atoms with Gasteiger partial charge in [-0.05, 0) is 30.0 Å². The number of carbonyl (C=O) groups is 1. The molecule has 2 aromatic rings. The van der Waals surface area contributed by atoms with Gasteiger partial charge in [0.25, 0.3) is 0 Å². The summed E-state index contributed by atoms with van der Waals surface area (Å²) in [5, 5.41) is 3.00. The van der Waals surface area contributed by atoms with Crippen LogP contribution in [0.4, 0.5) is 10.5 Å². The number of anilines is 1. The zero-order valence-electron chi connectivity index (χ0n) is 11.4. The van der Waals surface area contributed by atoms with E-state index >= 15 is 0 Å². The number of fused-ring (bicyclic) bond motifs is 1. The molecule has 0 aromatic heterocycles. The molecule has 1 heterocycles. The maximum atomic E-state index is 12.3. The minimum Gasteiger partial charge on any atom is -0.334 e. The van der Waals surface area contributed by atoms with Crippen molar-refractivity contribution in [2.24, 2.45) is 0 Å². The molecule has 0 saturated carbocycles. The Kier molecular flexibility index (Phi) is 3.68. The van der Waals surface area contributed by atoms with E-state index in [1.54, 1.807) is 0 Å². The van der Waals surface area contributed by atoms with Gasteiger partial charge in [0.2, 0.25) is 0 Å². The first kappa shape index (κ1) is 12.7. The minimum atomic E-state index is -0.0130. The van der Waals surface area contributed by atoms with E-state index in [1.165, 1.54) is 5.56 Å². The summed E-state index contributed by atoms with van der Waals surface area (Å²) in [6.07, 6.45) is 2.08. The van der Waals surface area contributed by atoms with Crippen LogP contribution in [0.2, 0.25) is 0 Å². The Balaban J connectivity index is 1.69. The molecule has 1 N–H and O–H groups in total. The molecule has 20 heavy (non-hydrogen) atoms. The number of nitrogens with zero attached hydrogens (tertiary/aromatic N) is 1. The Bertz CT molecular complexity index is 595. The number of urea groups is 1. The van der Waals surface area contributed by atoms with Crippen molar-refractivity contribution >= 4 is 11.7 Å². The summed E-state index contributed by atoms with van der Waals surface area (Å²) in [4.78, 5) is 14.2. The molecule has 0 aliphatic carbocycles. The number of rotatable bonds is 2. The van der Waals surface area contributed by atoms with Crippen molar-refractivity contribution in [3.8, 4) is 0 Å². The van der Waals surface area contributed by atoms with Gasteiger partial charge >= 0.3 is 6.03 Å². The van der Waals surface area contributed by atoms with Crippen molar-refractivity contribution in [3.63, 3.8) is 0 Å². The number of hydrogen-bond donors (Lipinski definition) is 1. The molecule has 2 aromatic carbocycles. The molecule has 102 valence electrons. The van der Waals surface area contributed by atoms with Gasteiger partial charge in [-0.3, -0.25) is 4.90 Å². The third-order valence-electron chi connectivity index (χ3n) is 3.64. The third kappa shape index (κ3) is 2.67. The predicted octanol–water partition coefficient (Wildman–Crippen LogP) is 3.35. The van der Waals surface area contributed by atoms with Crippen molar-refractivity contribution < 1.29 is 4.79 Å². The van der Waals surface area contributed by atoms with Crippen LogP contribution in [0.25, 0.3) is 0 Å². The molecule has 0 saturated heterocycles. The highest BCUT2D eigenvalue weighted by molar-refractivity contribution is 5.93. The van der Waals surface area contributed by atoms with Gasteiger partial charge < -0.3 is 5.32 Å². The quantitative estimate of drug-likeness (QED) is 0.888. The van der Waals surface area contributed by atoms with Crippen molar-refractivity contribution in [2.75, 3.05) is 11.4 Å². The Morgan fingerprint density at radius 1 is 1.05 bits per heavy atom. The lowest BCUT2D eigenvalue weighted by Gasteiger charge is -2.29. The van der Waals surface area contributed by atoms with Crippen LogP contribution in [0.15, 0.2) is 54.6 Å². The SMILES string of the molecule is O=C(NCc1ccccc1)N1CCCc2ccccc21. The summed E-state index contributed by atoms with van der Waals surface area (Å²) in [6.45, 7) is 1.36. The standard InChI is InChI=1S/C17H18N2O/c20-17(18-13-14-7-2-1-3-8-14)19-12-6-10-15-9-4-5-11-16(15)19/h1-5,7-9,11H,6,10,12-13H2,(H,18,20). The smallest absolute Gasteiger partial charge is 0.322 e. The lowest BCUT2D eigenvalue weighted by atomic mass is 10.0. The first-order valence-electron chi connectivity index (χ1n) is 7.02. The molecule has 2 amide bonds. The Labute approximate surface area is 119 Å². The molecule has 0 spiro atoms. The van der Waals surface area contributed by atoms with Gasteiger partial charge in [0.05, 0.1) is 0 Å². The van der Waals surface area contributed by atoms with Crippen LogP contribution < -0.4 is 10.2 Å². The summed E-state index contributed by atoms with van der Waals surface area (Å²) in [5.74, 6) is 0. The van der Waals surface area contributed by atoms with E-state index in [0.29, 0.717) is 6.54 Å². The van der Waals surface area contributed by atoms with Crippen LogP contribution in [0.5, 0.6) is 0 Å². The van der Waals surface area contributed by atoms with Crippen LogP contribution in [0.1, 0.15) is 17.5 Å². The lowest BCUT2D eigenvalue weighted by molar-refractivity contribution is 0.245. The second kappa shape index (κ2) is 5.78. The highest BCUT2D eigenvalue weighted by atomic mass is 16.2. The van der Waals surface area contributed by atoms with Gasteiger partial charge in [-0.2, -0.15) is 0 Å². The monoisotopic (exact) mass is 266 g/mol. The number of amides is 2. The average Bonchev–Trinajstić information content (AvgIpc) is 2.53. The normalized spacial score (nSPS) is 13.7. The van der Waals surface area contributed by atoms with Crippen LogP contribution in [0, 0.1) is 0 Å². The second-order valence-corrected chi connectivity index (χ2v) is 5.03. The van der Waals surface area contributed by atoms with E-state index in [2.05, 4.69) is 11.4 Å². The fourth-order valence-electron chi connectivity index (χ4n) is 2.61. The molecular formula is C17H18N2O. The van der Waals surface area contributed by atoms with Crippen molar-refractivity contribution in [2.45, 2.75) is 19.4 Å². The zero-order valence-corrected chi connectivity index (χ0v) is 11.4. The molecule has 3 rings (SSSR count). The summed E-state index contributed by atoms with van der Waals surface area (Å²) in [5.41, 5.74) is 3.42. The first-order chi connectivity index (χ1) is 9.84. The molecule has 0 fully saturated rings. The molecule has 1 aliphatic heterocycles. The Hall–Kier alpha value is -2.29. The minimum absolute atomic E-state index is 0.0130. The van der Waals surface area contributed by atoms with Crippen molar-refractivity contribution in [3.05, 3.63) is 65.7 Å². The molecule has 3 nitrogen and oxygen atoms in total. The van der Waals surface area contributed by atoms with Crippen molar-refractivity contribution in [1.82, 2.24) is 5.32 Å². The fourth-order valence-corrected chi connectivity index (χ4v) is 2.61. The maximum Gasteiger partial charge on any atom is 0.322 e. The summed E-state index contributed by atoms with van der Waals surface area (Å²) < 4.78 is 0. The van der Waals surface area contributed by atoms with Gasteiger partial charge in [0, 0.05) is 18.8 Å². The molecular weight excluding hydrogens is 248 g/mol. The van der Waals surface area contributed by atoms with Crippen LogP contribution in [0.3, 0.4) is 0 Å². The van der Waals surface area contributed by atoms with Crippen molar-refractivity contribution in [1.29, 1.82) is 0 Å². The number of benzene rings is 2. The van der Waals surface area contributed by atoms with E-state index in [-0.39, 0.29) is 6.03 Å². The predicted molar refractivity (Wildman–Crippen MR) is 80.8 cm³/mol. The summed E-state index contributed by atoms with van der Waals surface area (Å²) in [6, 6.07) is 18.1. The van der Waals surface area contributed by atoms with E-state index in [4.69, 9.17) is 0 Å². The van der Waals surface area contributed by atoms with E-state index in [0.717, 1.165) is 30.6 Å². The number of nitrogens with one attached hydrogen (secondary N) is 1. The molecule has 0 radical (unpaired) electrons. The molecule has 1 aliphatic rings. The van der Waals surface area contributed by atoms with Gasteiger partial charge in [0.15, 0.2) is 0 Å². The average molecular weight is 266 g/mol. The van der Waals surface area contributed by atoms with Gasteiger partial charge in [0.1, 0.15) is 0 Å². The fraction of sp³-hybridized carbons (Fsp3) is 0.235. The highest BCUT2D eigenvalue weighted by Crippen LogP contribution is 2.26. The molecule has 0 atom stereocenters. The van der Waals surface area contributed by atoms with E-state index in [9.17, 15) is 4.79 Å². The maximum absolute atomic E-state index is 12.3. The summed E-state index contributed by atoms with van der Waals surface area (Å²) >= 11 is 0. The van der Waals surface area contributed by atoms with Gasteiger partial charge in [-0.15, -0.1) is 0 Å². The first-order valence-corrected chi connectivity index (χ1v) is 7.02. The number of carbonyl (C=O) groups excluding carboxylic acids is 1. The Morgan fingerprint density at radius 3 is 2.65 bits per heavy atom. The highest BCUT2D eigenvalue weighted by Gasteiger charge is 2.21. The zero-order chi connectivity index (χ0) is 13.8. The van der Waals surface area contributed by atoms with E-state index < -0.39 is 0 Å². The molecule has 3 heteroatoms. The van der Waals surface area contributed by atoms with Crippen LogP contribution in [-0.4, -0.2) is 12.6 Å². The van der Waals surface area contributed by atoms with Crippen LogP contribution in [-0.2, 0) is 13.0 Å². The second-order valence-electron chi connectivity index (χ2n) is 5.03. The largest absolute Gasteiger partial charge is 0.334 e. The topological polar surface area (TPSA) is 32.3 Å².